The largest absolute Gasteiger partial charge is 0.496 e. The van der Waals surface area contributed by atoms with Crippen molar-refractivity contribution in [2.24, 2.45) is 5.73 Å². The molecular formula is C16H19N3O3. The predicted octanol–water partition coefficient (Wildman–Crippen LogP) is 1.30. The highest BCUT2D eigenvalue weighted by Gasteiger charge is 2.21. The van der Waals surface area contributed by atoms with E-state index in [0.717, 1.165) is 36.0 Å². The van der Waals surface area contributed by atoms with Gasteiger partial charge in [-0.15, -0.1) is 0 Å². The number of primary amides is 1. The van der Waals surface area contributed by atoms with E-state index in [0.29, 0.717) is 17.9 Å². The van der Waals surface area contributed by atoms with E-state index in [2.05, 4.69) is 9.88 Å². The number of fused-ring (bicyclic) bond motifs is 1. The van der Waals surface area contributed by atoms with Crippen molar-refractivity contribution in [3.05, 3.63) is 30.0 Å². The number of benzene rings is 1. The van der Waals surface area contributed by atoms with E-state index in [9.17, 15) is 9.90 Å². The summed E-state index contributed by atoms with van der Waals surface area (Å²) in [5, 5.41) is 11.6. The molecule has 2 heterocycles. The molecule has 1 aromatic carbocycles. The number of nitrogens with two attached hydrogens (primary N) is 1. The minimum atomic E-state index is -0.523. The number of nitrogens with zero attached hydrogens (tertiary/aromatic N) is 2. The molecule has 1 atom stereocenters. The third-order valence-electron chi connectivity index (χ3n) is 4.02. The van der Waals surface area contributed by atoms with Crippen molar-refractivity contribution in [2.45, 2.75) is 18.9 Å². The number of aliphatic hydroxyl groups is 1. The molecule has 3 N–H and O–H groups in total. The number of anilines is 1. The number of amides is 1. The molecule has 1 amide bonds. The Morgan fingerprint density at radius 2 is 2.32 bits per heavy atom. The molecule has 1 unspecified atom stereocenters. The van der Waals surface area contributed by atoms with Crippen LogP contribution in [0.5, 0.6) is 5.75 Å². The van der Waals surface area contributed by atoms with Crippen LogP contribution in [-0.2, 0) is 0 Å². The van der Waals surface area contributed by atoms with E-state index >= 15 is 0 Å². The SMILES string of the molecule is COc1cc2c(N3CCCC(O)C3)nccc2cc1C(N)=O. The number of hydrogen-bond acceptors (Lipinski definition) is 5. The average molecular weight is 301 g/mol. The molecule has 116 valence electrons. The van der Waals surface area contributed by atoms with Gasteiger partial charge in [0, 0.05) is 24.7 Å². The normalized spacial score (nSPS) is 18.5. The quantitative estimate of drug-likeness (QED) is 0.892. The van der Waals surface area contributed by atoms with Crippen LogP contribution in [0.15, 0.2) is 24.4 Å². The monoisotopic (exact) mass is 301 g/mol. The maximum absolute atomic E-state index is 11.5. The molecule has 0 radical (unpaired) electrons. The fourth-order valence-corrected chi connectivity index (χ4v) is 2.95. The standard InChI is InChI=1S/C16H19N3O3/c1-22-14-8-12-10(7-13(14)15(17)21)4-5-18-16(12)19-6-2-3-11(20)9-19/h4-5,7-8,11,20H,2-3,6,9H2,1H3,(H2,17,21). The van der Waals surface area contributed by atoms with Gasteiger partial charge in [-0.3, -0.25) is 4.79 Å². The van der Waals surface area contributed by atoms with E-state index in [1.807, 2.05) is 6.07 Å². The van der Waals surface area contributed by atoms with Gasteiger partial charge in [0.05, 0.1) is 18.8 Å². The second kappa shape index (κ2) is 5.81. The van der Waals surface area contributed by atoms with E-state index in [4.69, 9.17) is 10.5 Å². The van der Waals surface area contributed by atoms with Crippen molar-refractivity contribution in [1.29, 1.82) is 0 Å². The molecule has 0 bridgehead atoms. The van der Waals surface area contributed by atoms with Crippen LogP contribution < -0.4 is 15.4 Å². The van der Waals surface area contributed by atoms with Crippen LogP contribution in [0.4, 0.5) is 5.82 Å². The van der Waals surface area contributed by atoms with Crippen molar-refractivity contribution in [1.82, 2.24) is 4.98 Å². The summed E-state index contributed by atoms with van der Waals surface area (Å²) in [7, 11) is 1.51. The highest BCUT2D eigenvalue weighted by atomic mass is 16.5. The van der Waals surface area contributed by atoms with Crippen molar-refractivity contribution >= 4 is 22.5 Å². The van der Waals surface area contributed by atoms with Gasteiger partial charge >= 0.3 is 0 Å². The van der Waals surface area contributed by atoms with Crippen LogP contribution in [-0.4, -0.2) is 42.3 Å². The number of piperidine rings is 1. The summed E-state index contributed by atoms with van der Waals surface area (Å²) >= 11 is 0. The summed E-state index contributed by atoms with van der Waals surface area (Å²) < 4.78 is 5.28. The predicted molar refractivity (Wildman–Crippen MR) is 84.3 cm³/mol. The molecule has 1 aliphatic rings. The van der Waals surface area contributed by atoms with E-state index in [1.54, 1.807) is 18.3 Å². The number of hydrogen-bond donors (Lipinski definition) is 2. The van der Waals surface area contributed by atoms with Gasteiger partial charge in [-0.1, -0.05) is 0 Å². The molecule has 1 saturated heterocycles. The highest BCUT2D eigenvalue weighted by Crippen LogP contribution is 2.32. The van der Waals surface area contributed by atoms with Crippen LogP contribution in [0.25, 0.3) is 10.8 Å². The van der Waals surface area contributed by atoms with Crippen molar-refractivity contribution in [2.75, 3.05) is 25.1 Å². The summed E-state index contributed by atoms with van der Waals surface area (Å²) in [6.45, 7) is 1.41. The lowest BCUT2D eigenvalue weighted by Gasteiger charge is -2.31. The third-order valence-corrected chi connectivity index (χ3v) is 4.02. The Hall–Kier alpha value is -2.34. The minimum Gasteiger partial charge on any atom is -0.496 e. The first kappa shape index (κ1) is 14.6. The number of methoxy groups -OCH3 is 1. The molecule has 0 saturated carbocycles. The molecule has 1 aliphatic heterocycles. The zero-order valence-corrected chi connectivity index (χ0v) is 12.5. The fourth-order valence-electron chi connectivity index (χ4n) is 2.95. The first-order valence-corrected chi connectivity index (χ1v) is 7.29. The molecule has 1 fully saturated rings. The summed E-state index contributed by atoms with van der Waals surface area (Å²) in [6.07, 6.45) is 3.11. The second-order valence-electron chi connectivity index (χ2n) is 5.51. The number of aliphatic hydroxyl groups excluding tert-OH is 1. The number of β-amino-alcohol motifs (C(OH)–C–C–N with tert-alkyl or cyclic N) is 1. The van der Waals surface area contributed by atoms with Crippen LogP contribution in [0, 0.1) is 0 Å². The Bertz CT molecular complexity index is 717. The lowest BCUT2D eigenvalue weighted by molar-refractivity contribution is 0.0997. The molecule has 0 spiro atoms. The maximum Gasteiger partial charge on any atom is 0.252 e. The van der Waals surface area contributed by atoms with Gasteiger partial charge in [-0.05, 0) is 36.4 Å². The Labute approximate surface area is 128 Å². The first-order valence-electron chi connectivity index (χ1n) is 7.29. The van der Waals surface area contributed by atoms with Crippen molar-refractivity contribution < 1.29 is 14.6 Å². The zero-order valence-electron chi connectivity index (χ0n) is 12.5. The number of aromatic nitrogens is 1. The summed E-state index contributed by atoms with van der Waals surface area (Å²) in [5.74, 6) is 0.711. The maximum atomic E-state index is 11.5. The number of pyridine rings is 1. The number of rotatable bonds is 3. The van der Waals surface area contributed by atoms with Crippen LogP contribution in [0.2, 0.25) is 0 Å². The molecule has 6 heteroatoms. The molecule has 22 heavy (non-hydrogen) atoms. The number of carbonyl (C=O) groups excluding carboxylic acids is 1. The third kappa shape index (κ3) is 2.57. The lowest BCUT2D eigenvalue weighted by atomic mass is 10.0. The molecule has 2 aromatic rings. The topological polar surface area (TPSA) is 88.7 Å². The second-order valence-corrected chi connectivity index (χ2v) is 5.51. The van der Waals surface area contributed by atoms with Crippen LogP contribution >= 0.6 is 0 Å². The summed E-state index contributed by atoms with van der Waals surface area (Å²) in [5.41, 5.74) is 5.75. The van der Waals surface area contributed by atoms with Gasteiger partial charge in [-0.2, -0.15) is 0 Å². The smallest absolute Gasteiger partial charge is 0.252 e. The van der Waals surface area contributed by atoms with Gasteiger partial charge < -0.3 is 20.5 Å². The molecular weight excluding hydrogens is 282 g/mol. The average Bonchev–Trinajstić information content (AvgIpc) is 2.52. The number of carbonyl (C=O) groups is 1. The van der Waals surface area contributed by atoms with Gasteiger partial charge in [0.15, 0.2) is 0 Å². The highest BCUT2D eigenvalue weighted by molar-refractivity contribution is 6.03. The Morgan fingerprint density at radius 1 is 1.50 bits per heavy atom. The Balaban J connectivity index is 2.13. The first-order chi connectivity index (χ1) is 10.6. The zero-order chi connectivity index (χ0) is 15.7. The van der Waals surface area contributed by atoms with Crippen LogP contribution in [0.1, 0.15) is 23.2 Å². The number of ether oxygens (including phenoxy) is 1. The van der Waals surface area contributed by atoms with Crippen molar-refractivity contribution in [3.8, 4) is 5.75 Å². The van der Waals surface area contributed by atoms with Gasteiger partial charge in [0.2, 0.25) is 0 Å². The van der Waals surface area contributed by atoms with Crippen LogP contribution in [0.3, 0.4) is 0 Å². The minimum absolute atomic E-state index is 0.336. The molecule has 6 nitrogen and oxygen atoms in total. The van der Waals surface area contributed by atoms with E-state index in [1.165, 1.54) is 7.11 Å². The fraction of sp³-hybridized carbons (Fsp3) is 0.375. The summed E-state index contributed by atoms with van der Waals surface area (Å²) in [4.78, 5) is 18.1. The molecule has 3 rings (SSSR count). The Kier molecular flexibility index (Phi) is 3.85. The molecule has 0 aliphatic carbocycles. The molecule has 1 aromatic heterocycles. The van der Waals surface area contributed by atoms with Gasteiger partial charge in [-0.25, -0.2) is 4.98 Å². The Morgan fingerprint density at radius 3 is 3.00 bits per heavy atom. The van der Waals surface area contributed by atoms with E-state index in [-0.39, 0.29) is 6.10 Å². The van der Waals surface area contributed by atoms with Gasteiger partial charge in [0.1, 0.15) is 11.6 Å². The van der Waals surface area contributed by atoms with E-state index < -0.39 is 5.91 Å². The van der Waals surface area contributed by atoms with Crippen molar-refractivity contribution in [3.63, 3.8) is 0 Å². The van der Waals surface area contributed by atoms with Gasteiger partial charge in [0.25, 0.3) is 5.91 Å². The lowest BCUT2D eigenvalue weighted by Crippen LogP contribution is -2.38. The summed E-state index contributed by atoms with van der Waals surface area (Å²) in [6, 6.07) is 5.35.